The van der Waals surface area contributed by atoms with Crippen molar-refractivity contribution < 1.29 is 14.7 Å². The second-order valence-electron chi connectivity index (χ2n) is 3.55. The lowest BCUT2D eigenvalue weighted by atomic mass is 10.2. The topological polar surface area (TPSA) is 82.5 Å². The molecular formula is C10H11N3O3. The predicted molar refractivity (Wildman–Crippen MR) is 55.5 cm³/mol. The summed E-state index contributed by atoms with van der Waals surface area (Å²) in [6, 6.07) is 4.85. The van der Waals surface area contributed by atoms with Gasteiger partial charge in [0.15, 0.2) is 0 Å². The molecule has 1 atom stereocenters. The van der Waals surface area contributed by atoms with Crippen molar-refractivity contribution in [2.45, 2.75) is 18.9 Å². The summed E-state index contributed by atoms with van der Waals surface area (Å²) in [6.07, 6.45) is 1.69. The van der Waals surface area contributed by atoms with Gasteiger partial charge < -0.3 is 5.11 Å². The highest BCUT2D eigenvalue weighted by molar-refractivity contribution is 5.94. The van der Waals surface area contributed by atoms with Crippen LogP contribution in [0.15, 0.2) is 24.4 Å². The van der Waals surface area contributed by atoms with Gasteiger partial charge in [0, 0.05) is 18.7 Å². The number of rotatable bonds is 3. The van der Waals surface area contributed by atoms with Gasteiger partial charge in [0.2, 0.25) is 5.91 Å². The van der Waals surface area contributed by atoms with Crippen LogP contribution in [-0.4, -0.2) is 28.0 Å². The molecule has 2 N–H and O–H groups in total. The van der Waals surface area contributed by atoms with E-state index in [4.69, 9.17) is 5.11 Å². The van der Waals surface area contributed by atoms with Crippen LogP contribution >= 0.6 is 0 Å². The second-order valence-corrected chi connectivity index (χ2v) is 3.55. The lowest BCUT2D eigenvalue weighted by molar-refractivity contribution is -0.137. The van der Waals surface area contributed by atoms with Crippen LogP contribution in [-0.2, 0) is 9.59 Å². The summed E-state index contributed by atoms with van der Waals surface area (Å²) in [4.78, 5) is 26.1. The number of hydrazine groups is 1. The summed E-state index contributed by atoms with van der Waals surface area (Å²) in [5.41, 5.74) is 2.83. The largest absolute Gasteiger partial charge is 0.481 e. The van der Waals surface area contributed by atoms with E-state index in [9.17, 15) is 9.59 Å². The van der Waals surface area contributed by atoms with Crippen LogP contribution in [0.4, 0.5) is 5.82 Å². The Morgan fingerprint density at radius 2 is 2.44 bits per heavy atom. The molecule has 1 unspecified atom stereocenters. The molecule has 0 saturated carbocycles. The average molecular weight is 221 g/mol. The number of carboxylic acid groups (broad SMARTS) is 1. The van der Waals surface area contributed by atoms with E-state index in [2.05, 4.69) is 10.4 Å². The van der Waals surface area contributed by atoms with Gasteiger partial charge in [-0.2, -0.15) is 0 Å². The molecule has 0 aliphatic carbocycles. The first kappa shape index (κ1) is 10.6. The van der Waals surface area contributed by atoms with Gasteiger partial charge in [0.05, 0.1) is 6.42 Å². The Labute approximate surface area is 91.9 Å². The van der Waals surface area contributed by atoms with Crippen molar-refractivity contribution in [3.63, 3.8) is 0 Å². The first-order valence-corrected chi connectivity index (χ1v) is 4.89. The molecule has 84 valence electrons. The van der Waals surface area contributed by atoms with Crippen molar-refractivity contribution in [2.24, 2.45) is 0 Å². The fourth-order valence-electron chi connectivity index (χ4n) is 1.61. The van der Waals surface area contributed by atoms with Crippen LogP contribution in [0.3, 0.4) is 0 Å². The molecule has 2 heterocycles. The standard InChI is InChI=1S/C10H11N3O3/c14-9-5-7(6-10(15)16)12-13(9)8-3-1-2-4-11-8/h1-4,7,12H,5-6H2,(H,15,16). The predicted octanol–water partition coefficient (Wildman–Crippen LogP) is 0.166. The van der Waals surface area contributed by atoms with Crippen molar-refractivity contribution in [3.8, 4) is 0 Å². The van der Waals surface area contributed by atoms with Gasteiger partial charge in [-0.05, 0) is 12.1 Å². The van der Waals surface area contributed by atoms with Crippen LogP contribution in [0.2, 0.25) is 0 Å². The number of amides is 1. The maximum absolute atomic E-state index is 11.6. The molecule has 16 heavy (non-hydrogen) atoms. The summed E-state index contributed by atoms with van der Waals surface area (Å²) in [5, 5.41) is 9.93. The van der Waals surface area contributed by atoms with Gasteiger partial charge in [-0.15, -0.1) is 0 Å². The molecule has 1 aromatic heterocycles. The van der Waals surface area contributed by atoms with Gasteiger partial charge in [0.25, 0.3) is 0 Å². The average Bonchev–Trinajstić information content (AvgIpc) is 2.60. The molecule has 1 aromatic rings. The second kappa shape index (κ2) is 4.28. The Morgan fingerprint density at radius 1 is 1.62 bits per heavy atom. The fourth-order valence-corrected chi connectivity index (χ4v) is 1.61. The van der Waals surface area contributed by atoms with Gasteiger partial charge in [-0.1, -0.05) is 6.07 Å². The molecule has 6 heteroatoms. The maximum Gasteiger partial charge on any atom is 0.305 e. The summed E-state index contributed by atoms with van der Waals surface area (Å²) in [7, 11) is 0. The molecule has 0 spiro atoms. The van der Waals surface area contributed by atoms with E-state index in [0.29, 0.717) is 5.82 Å². The fraction of sp³-hybridized carbons (Fsp3) is 0.300. The highest BCUT2D eigenvalue weighted by atomic mass is 16.4. The number of hydrogen-bond donors (Lipinski definition) is 2. The number of nitrogens with zero attached hydrogens (tertiary/aromatic N) is 2. The first-order valence-electron chi connectivity index (χ1n) is 4.89. The molecule has 1 amide bonds. The highest BCUT2D eigenvalue weighted by Gasteiger charge is 2.31. The summed E-state index contributed by atoms with van der Waals surface area (Å²) in [6.45, 7) is 0. The number of carbonyl (C=O) groups is 2. The minimum absolute atomic E-state index is 0.0743. The van der Waals surface area contributed by atoms with E-state index in [-0.39, 0.29) is 24.8 Å². The molecule has 0 radical (unpaired) electrons. The SMILES string of the molecule is O=C(O)CC1CC(=O)N(c2ccccn2)N1. The van der Waals surface area contributed by atoms with Crippen LogP contribution in [0, 0.1) is 0 Å². The first-order chi connectivity index (χ1) is 7.66. The Hall–Kier alpha value is -1.95. The molecule has 1 aliphatic rings. The third kappa shape index (κ3) is 2.17. The molecule has 1 fully saturated rings. The molecule has 2 rings (SSSR count). The highest BCUT2D eigenvalue weighted by Crippen LogP contribution is 2.17. The monoisotopic (exact) mass is 221 g/mol. The van der Waals surface area contributed by atoms with Crippen molar-refractivity contribution >= 4 is 17.7 Å². The van der Waals surface area contributed by atoms with E-state index < -0.39 is 5.97 Å². The minimum Gasteiger partial charge on any atom is -0.481 e. The number of aromatic nitrogens is 1. The zero-order chi connectivity index (χ0) is 11.5. The van der Waals surface area contributed by atoms with Gasteiger partial charge in [0.1, 0.15) is 5.82 Å². The number of hydrogen-bond acceptors (Lipinski definition) is 4. The van der Waals surface area contributed by atoms with E-state index in [1.165, 1.54) is 5.01 Å². The Kier molecular flexibility index (Phi) is 2.82. The van der Waals surface area contributed by atoms with Crippen molar-refractivity contribution in [2.75, 3.05) is 5.01 Å². The summed E-state index contributed by atoms with van der Waals surface area (Å²) < 4.78 is 0. The molecule has 0 bridgehead atoms. The molecule has 1 saturated heterocycles. The quantitative estimate of drug-likeness (QED) is 0.760. The van der Waals surface area contributed by atoms with Crippen molar-refractivity contribution in [1.29, 1.82) is 0 Å². The number of aliphatic carboxylic acids is 1. The lowest BCUT2D eigenvalue weighted by Crippen LogP contribution is -2.38. The van der Waals surface area contributed by atoms with E-state index in [0.717, 1.165) is 0 Å². The lowest BCUT2D eigenvalue weighted by Gasteiger charge is -2.15. The Bertz CT molecular complexity index is 407. The van der Waals surface area contributed by atoms with Crippen molar-refractivity contribution in [3.05, 3.63) is 24.4 Å². The van der Waals surface area contributed by atoms with Crippen LogP contribution in [0.1, 0.15) is 12.8 Å². The molecular weight excluding hydrogens is 210 g/mol. The molecule has 0 aromatic carbocycles. The van der Waals surface area contributed by atoms with Gasteiger partial charge in [-0.25, -0.2) is 15.4 Å². The van der Waals surface area contributed by atoms with Crippen molar-refractivity contribution in [1.82, 2.24) is 10.4 Å². The van der Waals surface area contributed by atoms with Crippen LogP contribution < -0.4 is 10.4 Å². The Morgan fingerprint density at radius 3 is 3.06 bits per heavy atom. The number of pyridine rings is 1. The smallest absolute Gasteiger partial charge is 0.305 e. The van der Waals surface area contributed by atoms with E-state index >= 15 is 0 Å². The third-order valence-corrected chi connectivity index (χ3v) is 2.28. The van der Waals surface area contributed by atoms with Gasteiger partial charge >= 0.3 is 5.97 Å². The van der Waals surface area contributed by atoms with E-state index in [1.807, 2.05) is 0 Å². The molecule has 6 nitrogen and oxygen atoms in total. The maximum atomic E-state index is 11.6. The minimum atomic E-state index is -0.923. The normalized spacial score (nSPS) is 20.1. The van der Waals surface area contributed by atoms with Gasteiger partial charge in [-0.3, -0.25) is 9.59 Å². The number of carbonyl (C=O) groups excluding carboxylic acids is 1. The number of carboxylic acids is 1. The van der Waals surface area contributed by atoms with Crippen LogP contribution in [0.5, 0.6) is 0 Å². The van der Waals surface area contributed by atoms with Crippen LogP contribution in [0.25, 0.3) is 0 Å². The number of anilines is 1. The zero-order valence-electron chi connectivity index (χ0n) is 8.46. The third-order valence-electron chi connectivity index (χ3n) is 2.28. The molecule has 1 aliphatic heterocycles. The zero-order valence-corrected chi connectivity index (χ0v) is 8.46. The van der Waals surface area contributed by atoms with E-state index in [1.54, 1.807) is 24.4 Å². The summed E-state index contributed by atoms with van der Waals surface area (Å²) in [5.74, 6) is -0.599. The summed E-state index contributed by atoms with van der Waals surface area (Å²) >= 11 is 0. The Balaban J connectivity index is 2.08. The number of nitrogens with one attached hydrogen (secondary N) is 1.